The normalized spacial score (nSPS) is 15.3. The number of carbonyl (C=O) groups excluding carboxylic acids is 3. The minimum absolute atomic E-state index is 0.0329. The van der Waals surface area contributed by atoms with E-state index in [9.17, 15) is 18.8 Å². The maximum Gasteiger partial charge on any atom is 0.259 e. The first kappa shape index (κ1) is 28.8. The lowest BCUT2D eigenvalue weighted by atomic mass is 10.1. The number of halogens is 1. The highest BCUT2D eigenvalue weighted by atomic mass is 32.2. The smallest absolute Gasteiger partial charge is 0.259 e. The van der Waals surface area contributed by atoms with Gasteiger partial charge in [0.1, 0.15) is 29.2 Å². The van der Waals surface area contributed by atoms with Crippen molar-refractivity contribution in [3.63, 3.8) is 0 Å². The minimum atomic E-state index is -0.775. The molecule has 2 aliphatic rings. The summed E-state index contributed by atoms with van der Waals surface area (Å²) in [6, 6.07) is 17.5. The molecule has 3 aromatic carbocycles. The zero-order valence-corrected chi connectivity index (χ0v) is 23.7. The summed E-state index contributed by atoms with van der Waals surface area (Å²) in [4.78, 5) is 49.6. The van der Waals surface area contributed by atoms with Crippen molar-refractivity contribution in [2.24, 2.45) is 9.98 Å². The molecule has 0 bridgehead atoms. The van der Waals surface area contributed by atoms with Crippen molar-refractivity contribution >= 4 is 51.9 Å². The van der Waals surface area contributed by atoms with E-state index in [1.165, 1.54) is 31.3 Å². The van der Waals surface area contributed by atoms with Gasteiger partial charge in [0.15, 0.2) is 5.17 Å². The molecule has 1 atom stereocenters. The number of benzene rings is 3. The number of rotatable bonds is 10. The molecule has 3 amide bonds. The summed E-state index contributed by atoms with van der Waals surface area (Å²) < 4.78 is 23.7. The van der Waals surface area contributed by atoms with Crippen LogP contribution in [0.4, 0.5) is 15.8 Å². The lowest BCUT2D eigenvalue weighted by Crippen LogP contribution is -2.41. The molecule has 10 nitrogen and oxygen atoms in total. The molecular weight excluding hydrogens is 561 g/mol. The van der Waals surface area contributed by atoms with Gasteiger partial charge < -0.3 is 20.1 Å². The van der Waals surface area contributed by atoms with Gasteiger partial charge in [0.05, 0.1) is 31.3 Å². The van der Waals surface area contributed by atoms with Crippen molar-refractivity contribution in [2.45, 2.75) is 25.4 Å². The largest absolute Gasteiger partial charge is 0.497 e. The number of hydrogen-bond donors (Lipinski definition) is 2. The Morgan fingerprint density at radius 1 is 1.02 bits per heavy atom. The van der Waals surface area contributed by atoms with Crippen LogP contribution in [0.2, 0.25) is 0 Å². The fourth-order valence-electron chi connectivity index (χ4n) is 4.47. The Morgan fingerprint density at radius 2 is 1.81 bits per heavy atom. The van der Waals surface area contributed by atoms with Gasteiger partial charge in [0, 0.05) is 24.6 Å². The summed E-state index contributed by atoms with van der Waals surface area (Å²) in [6.45, 7) is 0.253. The molecule has 0 aromatic heterocycles. The third-order valence-corrected chi connectivity index (χ3v) is 7.55. The second-order valence-corrected chi connectivity index (χ2v) is 10.3. The van der Waals surface area contributed by atoms with Crippen molar-refractivity contribution in [3.05, 3.63) is 83.7 Å². The number of para-hydroxylation sites is 1. The summed E-state index contributed by atoms with van der Waals surface area (Å²) in [7, 11) is 3.04. The molecule has 0 fully saturated rings. The number of fused-ring (bicyclic) bond motifs is 3. The fraction of sp³-hybridized carbons (Fsp3) is 0.233. The van der Waals surface area contributed by atoms with Crippen molar-refractivity contribution < 1.29 is 28.2 Å². The molecule has 0 unspecified atom stereocenters. The van der Waals surface area contributed by atoms with E-state index in [1.54, 1.807) is 30.3 Å². The van der Waals surface area contributed by atoms with E-state index in [2.05, 4.69) is 20.6 Å². The van der Waals surface area contributed by atoms with E-state index in [4.69, 9.17) is 9.47 Å². The van der Waals surface area contributed by atoms with Gasteiger partial charge in [0.25, 0.3) is 5.91 Å². The Labute approximate surface area is 246 Å². The standard InChI is InChI=1S/C30H28FN5O5S/c1-40-20-11-13-25(41-2)24(15-20)33-27(38)17-42-30-35-22-6-4-3-5-21(22)28-34-23(29(39)36(28)30)12-14-26(37)32-16-18-7-9-19(31)10-8-18/h3-11,13,15,23H,12,14,16-17H2,1-2H3,(H,32,37)(H,33,38)/t23-/m0/s1. The first-order chi connectivity index (χ1) is 20.4. The molecular formula is C30H28FN5O5S. The third kappa shape index (κ3) is 6.44. The number of carbonyl (C=O) groups is 3. The zero-order valence-electron chi connectivity index (χ0n) is 22.9. The average molecular weight is 590 g/mol. The van der Waals surface area contributed by atoms with Crippen LogP contribution in [0.5, 0.6) is 11.5 Å². The summed E-state index contributed by atoms with van der Waals surface area (Å²) in [6.07, 6.45) is 0.276. The second-order valence-electron chi connectivity index (χ2n) is 9.40. The summed E-state index contributed by atoms with van der Waals surface area (Å²) in [5.41, 5.74) is 2.55. The summed E-state index contributed by atoms with van der Waals surface area (Å²) in [5, 5.41) is 5.93. The van der Waals surface area contributed by atoms with Gasteiger partial charge in [-0.05, 0) is 48.4 Å². The van der Waals surface area contributed by atoms with Crippen LogP contribution < -0.4 is 20.1 Å². The predicted octanol–water partition coefficient (Wildman–Crippen LogP) is 4.27. The van der Waals surface area contributed by atoms with E-state index >= 15 is 0 Å². The molecule has 42 heavy (non-hydrogen) atoms. The number of nitrogens with one attached hydrogen (secondary N) is 2. The van der Waals surface area contributed by atoms with Gasteiger partial charge in [-0.15, -0.1) is 0 Å². The van der Waals surface area contributed by atoms with Crippen molar-refractivity contribution in [1.82, 2.24) is 10.2 Å². The summed E-state index contributed by atoms with van der Waals surface area (Å²) >= 11 is 1.11. The number of hydrogen-bond acceptors (Lipinski definition) is 8. The van der Waals surface area contributed by atoms with Gasteiger partial charge in [-0.3, -0.25) is 19.4 Å². The molecule has 12 heteroatoms. The van der Waals surface area contributed by atoms with Crippen LogP contribution in [0, 0.1) is 5.82 Å². The fourth-order valence-corrected chi connectivity index (χ4v) is 5.27. The molecule has 0 saturated carbocycles. The maximum atomic E-state index is 13.5. The minimum Gasteiger partial charge on any atom is -0.497 e. The molecule has 216 valence electrons. The molecule has 3 aromatic rings. The van der Waals surface area contributed by atoms with Gasteiger partial charge >= 0.3 is 0 Å². The number of methoxy groups -OCH3 is 2. The SMILES string of the molecule is COc1ccc(OC)c(NC(=O)CSC2=Nc3ccccc3C3=N[C@@H](CCC(=O)NCc4ccc(F)cc4)C(=O)N23)c1. The molecule has 2 heterocycles. The van der Waals surface area contributed by atoms with Crippen LogP contribution in [-0.2, 0) is 20.9 Å². The average Bonchev–Trinajstić information content (AvgIpc) is 3.34. The Bertz CT molecular complexity index is 1580. The molecule has 2 aliphatic heterocycles. The number of nitrogens with zero attached hydrogens (tertiary/aromatic N) is 3. The summed E-state index contributed by atoms with van der Waals surface area (Å²) in [5.74, 6) is 0.220. The lowest BCUT2D eigenvalue weighted by molar-refractivity contribution is -0.125. The Balaban J connectivity index is 1.24. The van der Waals surface area contributed by atoms with E-state index in [1.807, 2.05) is 24.3 Å². The predicted molar refractivity (Wildman–Crippen MR) is 159 cm³/mol. The lowest BCUT2D eigenvalue weighted by Gasteiger charge is -2.25. The number of thioether (sulfide) groups is 1. The molecule has 5 rings (SSSR count). The maximum absolute atomic E-state index is 13.5. The molecule has 0 spiro atoms. The first-order valence-electron chi connectivity index (χ1n) is 13.1. The Morgan fingerprint density at radius 3 is 2.57 bits per heavy atom. The Kier molecular flexibility index (Phi) is 8.82. The number of amidine groups is 2. The molecule has 0 aliphatic carbocycles. The quantitative estimate of drug-likeness (QED) is 0.364. The number of anilines is 1. The van der Waals surface area contributed by atoms with E-state index in [0.29, 0.717) is 39.4 Å². The third-order valence-electron chi connectivity index (χ3n) is 6.61. The Hall–Kier alpha value is -4.71. The van der Waals surface area contributed by atoms with Crippen LogP contribution in [-0.4, -0.2) is 59.6 Å². The molecule has 2 N–H and O–H groups in total. The monoisotopic (exact) mass is 589 g/mol. The molecule has 0 radical (unpaired) electrons. The number of ether oxygens (including phenoxy) is 2. The van der Waals surface area contributed by atoms with Crippen molar-refractivity contribution in [1.29, 1.82) is 0 Å². The van der Waals surface area contributed by atoms with Gasteiger partial charge in [-0.2, -0.15) is 0 Å². The van der Waals surface area contributed by atoms with Crippen molar-refractivity contribution in [3.8, 4) is 11.5 Å². The van der Waals surface area contributed by atoms with E-state index in [-0.39, 0.29) is 48.7 Å². The molecule has 0 saturated heterocycles. The van der Waals surface area contributed by atoms with Crippen LogP contribution >= 0.6 is 11.8 Å². The van der Waals surface area contributed by atoms with Crippen LogP contribution in [0.15, 0.2) is 76.7 Å². The van der Waals surface area contributed by atoms with Gasteiger partial charge in [0.2, 0.25) is 11.8 Å². The number of aliphatic imine (C=N–C) groups is 2. The first-order valence-corrected chi connectivity index (χ1v) is 14.1. The van der Waals surface area contributed by atoms with Crippen LogP contribution in [0.25, 0.3) is 0 Å². The topological polar surface area (TPSA) is 122 Å². The zero-order chi connectivity index (χ0) is 29.6. The van der Waals surface area contributed by atoms with Crippen molar-refractivity contribution in [2.75, 3.05) is 25.3 Å². The highest BCUT2D eigenvalue weighted by Crippen LogP contribution is 2.35. The van der Waals surface area contributed by atoms with E-state index in [0.717, 1.165) is 17.3 Å². The van der Waals surface area contributed by atoms with Crippen LogP contribution in [0.1, 0.15) is 24.0 Å². The van der Waals surface area contributed by atoms with E-state index < -0.39 is 6.04 Å². The number of amides is 3. The van der Waals surface area contributed by atoms with Crippen LogP contribution in [0.3, 0.4) is 0 Å². The van der Waals surface area contributed by atoms with Gasteiger partial charge in [-0.25, -0.2) is 14.3 Å². The highest BCUT2D eigenvalue weighted by Gasteiger charge is 2.41. The van der Waals surface area contributed by atoms with Gasteiger partial charge in [-0.1, -0.05) is 36.0 Å². The highest BCUT2D eigenvalue weighted by molar-refractivity contribution is 8.14. The second kappa shape index (κ2) is 12.9.